The Kier molecular flexibility index (Phi) is 7.60. The van der Waals surface area contributed by atoms with E-state index < -0.39 is 0 Å². The molecule has 35 heavy (non-hydrogen) atoms. The maximum absolute atomic E-state index is 6.09. The number of hydrogen-bond acceptors (Lipinski definition) is 7. The number of nitrogens with one attached hydrogen (secondary N) is 1. The zero-order valence-corrected chi connectivity index (χ0v) is 21.6. The lowest BCUT2D eigenvalue weighted by atomic mass is 10.00. The van der Waals surface area contributed by atoms with E-state index in [2.05, 4.69) is 44.9 Å². The predicted molar refractivity (Wildman–Crippen MR) is 137 cm³/mol. The van der Waals surface area contributed by atoms with Gasteiger partial charge in [-0.15, -0.1) is 5.10 Å². The maximum Gasteiger partial charge on any atom is 0.200 e. The Labute approximate surface area is 208 Å². The second-order valence-corrected chi connectivity index (χ2v) is 10.2. The van der Waals surface area contributed by atoms with E-state index in [1.54, 1.807) is 0 Å². The molecule has 1 aliphatic rings. The number of aromatic nitrogens is 4. The van der Waals surface area contributed by atoms with Gasteiger partial charge in [0.1, 0.15) is 23.8 Å². The summed E-state index contributed by atoms with van der Waals surface area (Å²) < 4.78 is 19.6. The van der Waals surface area contributed by atoms with Crippen LogP contribution in [0.3, 0.4) is 0 Å². The molecule has 1 aliphatic heterocycles. The molecule has 2 atom stereocenters. The first-order valence-electron chi connectivity index (χ1n) is 12.4. The predicted octanol–water partition coefficient (Wildman–Crippen LogP) is 5.66. The van der Waals surface area contributed by atoms with Gasteiger partial charge in [0.25, 0.3) is 0 Å². The highest BCUT2D eigenvalue weighted by Crippen LogP contribution is 2.31. The highest BCUT2D eigenvalue weighted by atomic mass is 16.5. The van der Waals surface area contributed by atoms with Crippen molar-refractivity contribution in [3.63, 3.8) is 0 Å². The molecule has 1 aromatic carbocycles. The molecular weight excluding hydrogens is 442 g/mol. The van der Waals surface area contributed by atoms with E-state index >= 15 is 0 Å². The third-order valence-corrected chi connectivity index (χ3v) is 5.73. The number of anilines is 1. The van der Waals surface area contributed by atoms with Crippen LogP contribution in [-0.4, -0.2) is 44.1 Å². The number of ether oxygens (including phenoxy) is 3. The Morgan fingerprint density at radius 1 is 1.00 bits per heavy atom. The second-order valence-electron chi connectivity index (χ2n) is 10.2. The molecule has 0 bridgehead atoms. The summed E-state index contributed by atoms with van der Waals surface area (Å²) in [6.45, 7) is 13.5. The van der Waals surface area contributed by atoms with Crippen molar-refractivity contribution < 1.29 is 14.2 Å². The van der Waals surface area contributed by atoms with E-state index in [1.165, 1.54) is 0 Å². The summed E-state index contributed by atoms with van der Waals surface area (Å²) in [5.41, 5.74) is 1.66. The number of hydrogen-bond donors (Lipinski definition) is 1. The number of pyridine rings is 1. The molecule has 8 heteroatoms. The van der Waals surface area contributed by atoms with Crippen LogP contribution < -0.4 is 14.8 Å². The van der Waals surface area contributed by atoms with E-state index in [0.717, 1.165) is 41.5 Å². The summed E-state index contributed by atoms with van der Waals surface area (Å²) in [6.07, 6.45) is 3.92. The molecule has 2 aromatic heterocycles. The number of nitrogens with zero attached hydrogens (tertiary/aromatic N) is 4. The van der Waals surface area contributed by atoms with Crippen LogP contribution in [0.15, 0.2) is 42.6 Å². The minimum atomic E-state index is -0.0369. The Balaban J connectivity index is 1.57. The molecule has 1 N–H and O–H groups in total. The van der Waals surface area contributed by atoms with Crippen LogP contribution in [0.4, 0.5) is 5.69 Å². The van der Waals surface area contributed by atoms with E-state index in [1.807, 2.05) is 54.2 Å². The molecule has 0 aliphatic carbocycles. The third-order valence-electron chi connectivity index (χ3n) is 5.73. The molecule has 4 rings (SSSR count). The van der Waals surface area contributed by atoms with Crippen LogP contribution >= 0.6 is 0 Å². The molecule has 0 radical (unpaired) electrons. The standard InChI is InChI=1S/C27H37N5O3/c1-7-33-22-9-11-23(12-10-22)34-17-25-29-26(24-13-8-20(16-28-24)30-27(4,5)6)31-32(25)21-14-18(2)35-19(3)15-21/h8-13,16,18-19,21,30H,7,14-15,17H2,1-6H3. The van der Waals surface area contributed by atoms with Crippen LogP contribution in [0.5, 0.6) is 11.5 Å². The monoisotopic (exact) mass is 479 g/mol. The topological polar surface area (TPSA) is 83.3 Å². The van der Waals surface area contributed by atoms with Crippen LogP contribution in [0.1, 0.15) is 66.3 Å². The quantitative estimate of drug-likeness (QED) is 0.446. The highest BCUT2D eigenvalue weighted by molar-refractivity contribution is 5.54. The summed E-state index contributed by atoms with van der Waals surface area (Å²) >= 11 is 0. The fraction of sp³-hybridized carbons (Fsp3) is 0.519. The van der Waals surface area contributed by atoms with Crippen molar-refractivity contribution in [3.05, 3.63) is 48.4 Å². The van der Waals surface area contributed by atoms with Gasteiger partial charge >= 0.3 is 0 Å². The van der Waals surface area contributed by atoms with Crippen LogP contribution in [0.25, 0.3) is 11.5 Å². The molecule has 8 nitrogen and oxygen atoms in total. The van der Waals surface area contributed by atoms with E-state index in [4.69, 9.17) is 24.3 Å². The van der Waals surface area contributed by atoms with Gasteiger partial charge in [-0.3, -0.25) is 4.98 Å². The van der Waals surface area contributed by atoms with Crippen molar-refractivity contribution in [1.82, 2.24) is 19.7 Å². The zero-order valence-electron chi connectivity index (χ0n) is 21.6. The minimum absolute atomic E-state index is 0.0369. The van der Waals surface area contributed by atoms with E-state index in [-0.39, 0.29) is 23.8 Å². The molecule has 188 valence electrons. The SMILES string of the molecule is CCOc1ccc(OCc2nc(-c3ccc(NC(C)(C)C)cn3)nn2C2CC(C)OC(C)C2)cc1. The molecule has 0 saturated carbocycles. The van der Waals surface area contributed by atoms with Crippen LogP contribution in [-0.2, 0) is 11.3 Å². The molecular formula is C27H37N5O3. The fourth-order valence-electron chi connectivity index (χ4n) is 4.40. The second kappa shape index (κ2) is 10.6. The Morgan fingerprint density at radius 2 is 1.66 bits per heavy atom. The first-order chi connectivity index (χ1) is 16.7. The number of benzene rings is 1. The Bertz CT molecular complexity index is 1080. The van der Waals surface area contributed by atoms with Gasteiger partial charge in [-0.25, -0.2) is 9.67 Å². The van der Waals surface area contributed by atoms with E-state index in [0.29, 0.717) is 19.0 Å². The average molecular weight is 480 g/mol. The molecule has 3 heterocycles. The molecule has 1 saturated heterocycles. The summed E-state index contributed by atoms with van der Waals surface area (Å²) in [5.74, 6) is 2.96. The summed E-state index contributed by atoms with van der Waals surface area (Å²) in [7, 11) is 0. The summed E-state index contributed by atoms with van der Waals surface area (Å²) in [6, 6.07) is 11.8. The number of rotatable bonds is 8. The maximum atomic E-state index is 6.09. The first kappa shape index (κ1) is 25.0. The largest absolute Gasteiger partial charge is 0.494 e. The summed E-state index contributed by atoms with van der Waals surface area (Å²) in [4.78, 5) is 9.48. The lowest BCUT2D eigenvalue weighted by Crippen LogP contribution is -2.32. The third kappa shape index (κ3) is 6.72. The molecule has 2 unspecified atom stereocenters. The van der Waals surface area contributed by atoms with Crippen molar-refractivity contribution in [1.29, 1.82) is 0 Å². The Hall–Kier alpha value is -3.13. The fourth-order valence-corrected chi connectivity index (χ4v) is 4.40. The van der Waals surface area contributed by atoms with Crippen molar-refractivity contribution in [2.45, 2.75) is 84.8 Å². The molecule has 0 amide bonds. The minimum Gasteiger partial charge on any atom is -0.494 e. The molecule has 3 aromatic rings. The highest BCUT2D eigenvalue weighted by Gasteiger charge is 2.29. The van der Waals surface area contributed by atoms with Crippen LogP contribution in [0.2, 0.25) is 0 Å². The van der Waals surface area contributed by atoms with Gasteiger partial charge in [-0.1, -0.05) is 0 Å². The normalized spacial score (nSPS) is 20.5. The lowest BCUT2D eigenvalue weighted by Gasteiger charge is -2.32. The van der Waals surface area contributed by atoms with Crippen molar-refractivity contribution in [2.24, 2.45) is 0 Å². The van der Waals surface area contributed by atoms with Gasteiger partial charge in [0.15, 0.2) is 11.6 Å². The van der Waals surface area contributed by atoms with Gasteiger partial charge in [-0.2, -0.15) is 0 Å². The van der Waals surface area contributed by atoms with Crippen molar-refractivity contribution in [3.8, 4) is 23.0 Å². The van der Waals surface area contributed by atoms with E-state index in [9.17, 15) is 0 Å². The molecule has 1 fully saturated rings. The zero-order chi connectivity index (χ0) is 25.0. The smallest absolute Gasteiger partial charge is 0.200 e. The molecule has 0 spiro atoms. The van der Waals surface area contributed by atoms with Crippen LogP contribution in [0, 0.1) is 0 Å². The lowest BCUT2D eigenvalue weighted by molar-refractivity contribution is -0.0514. The van der Waals surface area contributed by atoms with Gasteiger partial charge in [0.2, 0.25) is 0 Å². The van der Waals surface area contributed by atoms with Crippen molar-refractivity contribution in [2.75, 3.05) is 11.9 Å². The van der Waals surface area contributed by atoms with Gasteiger partial charge < -0.3 is 19.5 Å². The Morgan fingerprint density at radius 3 is 2.23 bits per heavy atom. The van der Waals surface area contributed by atoms with Gasteiger partial charge in [0, 0.05) is 5.54 Å². The van der Waals surface area contributed by atoms with Crippen molar-refractivity contribution >= 4 is 5.69 Å². The summed E-state index contributed by atoms with van der Waals surface area (Å²) in [5, 5.41) is 8.33. The van der Waals surface area contributed by atoms with Gasteiger partial charge in [0.05, 0.1) is 36.7 Å². The first-order valence-corrected chi connectivity index (χ1v) is 12.4. The van der Waals surface area contributed by atoms with Gasteiger partial charge in [-0.05, 0) is 90.8 Å². The average Bonchev–Trinajstić information content (AvgIpc) is 3.22.